The molecule has 1 atom stereocenters. The van der Waals surface area contributed by atoms with Gasteiger partial charge in [-0.25, -0.2) is 4.98 Å². The molecule has 0 fully saturated rings. The van der Waals surface area contributed by atoms with E-state index in [9.17, 15) is 13.2 Å². The standard InChI is InChI=1S/C18H22F3N5.HI/c1-22-17(24-11-16-23-8-9-26(16)12-18(19,20)21)25-15-7-6-13-4-2-3-5-14(13)10-15;/h2-5,8-9,15H,6-7,10-12H2,1H3,(H2,22,24,25);1H. The predicted molar refractivity (Wildman–Crippen MR) is 109 cm³/mol. The predicted octanol–water partition coefficient (Wildman–Crippen LogP) is 3.29. The van der Waals surface area contributed by atoms with Gasteiger partial charge in [0, 0.05) is 25.5 Å². The van der Waals surface area contributed by atoms with Crippen molar-refractivity contribution >= 4 is 29.9 Å². The Morgan fingerprint density at radius 1 is 1.30 bits per heavy atom. The number of hydrogen-bond acceptors (Lipinski definition) is 2. The lowest BCUT2D eigenvalue weighted by Crippen LogP contribution is -2.45. The molecule has 0 radical (unpaired) electrons. The van der Waals surface area contributed by atoms with Gasteiger partial charge in [0.15, 0.2) is 5.96 Å². The van der Waals surface area contributed by atoms with E-state index in [-0.39, 0.29) is 36.6 Å². The Bertz CT molecular complexity index is 772. The summed E-state index contributed by atoms with van der Waals surface area (Å²) in [5, 5.41) is 6.41. The SMILES string of the molecule is CN=C(NCc1nccn1CC(F)(F)F)NC1CCc2ccccc2C1.I. The van der Waals surface area contributed by atoms with E-state index in [4.69, 9.17) is 0 Å². The van der Waals surface area contributed by atoms with E-state index in [1.165, 1.54) is 23.5 Å². The molecule has 1 aromatic carbocycles. The number of aryl methyl sites for hydroxylation is 1. The van der Waals surface area contributed by atoms with Crippen LogP contribution in [0.5, 0.6) is 0 Å². The summed E-state index contributed by atoms with van der Waals surface area (Å²) in [6.45, 7) is -0.873. The van der Waals surface area contributed by atoms with Crippen LogP contribution in [-0.4, -0.2) is 34.8 Å². The van der Waals surface area contributed by atoms with Crippen LogP contribution in [-0.2, 0) is 25.9 Å². The van der Waals surface area contributed by atoms with Gasteiger partial charge in [-0.15, -0.1) is 24.0 Å². The summed E-state index contributed by atoms with van der Waals surface area (Å²) < 4.78 is 38.9. The highest BCUT2D eigenvalue weighted by Crippen LogP contribution is 2.21. The zero-order valence-electron chi connectivity index (χ0n) is 15.0. The topological polar surface area (TPSA) is 54.2 Å². The van der Waals surface area contributed by atoms with Crippen LogP contribution in [0.25, 0.3) is 0 Å². The first-order valence-corrected chi connectivity index (χ1v) is 8.55. The molecule has 1 aliphatic rings. The largest absolute Gasteiger partial charge is 0.406 e. The fraction of sp³-hybridized carbons (Fsp3) is 0.444. The highest BCUT2D eigenvalue weighted by atomic mass is 127. The molecule has 0 bridgehead atoms. The van der Waals surface area contributed by atoms with Crippen LogP contribution >= 0.6 is 24.0 Å². The molecular weight excluding hydrogens is 470 g/mol. The van der Waals surface area contributed by atoms with Crippen molar-refractivity contribution in [3.8, 4) is 0 Å². The number of aliphatic imine (C=N–C) groups is 1. The number of rotatable bonds is 4. The third kappa shape index (κ3) is 6.12. The lowest BCUT2D eigenvalue weighted by molar-refractivity contribution is -0.141. The summed E-state index contributed by atoms with van der Waals surface area (Å²) in [6, 6.07) is 8.61. The van der Waals surface area contributed by atoms with E-state index < -0.39 is 12.7 Å². The normalized spacial score (nSPS) is 17.0. The number of benzene rings is 1. The molecule has 1 aromatic heterocycles. The third-order valence-electron chi connectivity index (χ3n) is 4.48. The van der Waals surface area contributed by atoms with Gasteiger partial charge in [0.1, 0.15) is 12.4 Å². The maximum atomic E-state index is 12.6. The highest BCUT2D eigenvalue weighted by Gasteiger charge is 2.28. The van der Waals surface area contributed by atoms with Gasteiger partial charge in [0.05, 0.1) is 6.54 Å². The van der Waals surface area contributed by atoms with Crippen molar-refractivity contribution in [1.29, 1.82) is 0 Å². The molecule has 3 rings (SSSR count). The zero-order chi connectivity index (χ0) is 18.6. The summed E-state index contributed by atoms with van der Waals surface area (Å²) in [4.78, 5) is 8.18. The number of alkyl halides is 3. The van der Waals surface area contributed by atoms with Gasteiger partial charge in [-0.3, -0.25) is 4.99 Å². The highest BCUT2D eigenvalue weighted by molar-refractivity contribution is 14.0. The van der Waals surface area contributed by atoms with Gasteiger partial charge in [0.25, 0.3) is 0 Å². The minimum absolute atomic E-state index is 0. The summed E-state index contributed by atoms with van der Waals surface area (Å²) in [5.41, 5.74) is 2.70. The molecule has 0 spiro atoms. The Hall–Kier alpha value is -1.78. The number of nitrogens with zero attached hydrogens (tertiary/aromatic N) is 3. The Kier molecular flexibility index (Phi) is 7.51. The second-order valence-corrected chi connectivity index (χ2v) is 6.37. The lowest BCUT2D eigenvalue weighted by atomic mass is 9.88. The van der Waals surface area contributed by atoms with Crippen LogP contribution < -0.4 is 10.6 Å². The molecule has 1 aliphatic carbocycles. The summed E-state index contributed by atoms with van der Waals surface area (Å²) in [7, 11) is 1.65. The quantitative estimate of drug-likeness (QED) is 0.391. The number of nitrogens with one attached hydrogen (secondary N) is 2. The van der Waals surface area contributed by atoms with Crippen LogP contribution in [0.1, 0.15) is 23.4 Å². The molecule has 2 aromatic rings. The molecule has 0 amide bonds. The second-order valence-electron chi connectivity index (χ2n) is 6.37. The number of imidazole rings is 1. The van der Waals surface area contributed by atoms with Gasteiger partial charge in [-0.2, -0.15) is 13.2 Å². The van der Waals surface area contributed by atoms with Crippen molar-refractivity contribution in [2.24, 2.45) is 4.99 Å². The third-order valence-corrected chi connectivity index (χ3v) is 4.48. The number of aromatic nitrogens is 2. The fourth-order valence-electron chi connectivity index (χ4n) is 3.22. The van der Waals surface area contributed by atoms with Crippen molar-refractivity contribution in [2.75, 3.05) is 7.05 Å². The molecule has 2 N–H and O–H groups in total. The fourth-order valence-corrected chi connectivity index (χ4v) is 3.22. The number of fused-ring (bicyclic) bond motifs is 1. The molecule has 148 valence electrons. The average molecular weight is 493 g/mol. The Morgan fingerprint density at radius 3 is 2.74 bits per heavy atom. The van der Waals surface area contributed by atoms with E-state index in [2.05, 4.69) is 38.8 Å². The summed E-state index contributed by atoms with van der Waals surface area (Å²) in [5.74, 6) is 0.884. The van der Waals surface area contributed by atoms with Crippen molar-refractivity contribution in [2.45, 2.75) is 44.6 Å². The van der Waals surface area contributed by atoms with Gasteiger partial charge in [0.2, 0.25) is 0 Å². The first-order valence-electron chi connectivity index (χ1n) is 8.55. The van der Waals surface area contributed by atoms with E-state index in [0.717, 1.165) is 23.8 Å². The Morgan fingerprint density at radius 2 is 2.04 bits per heavy atom. The van der Waals surface area contributed by atoms with E-state index in [0.29, 0.717) is 11.8 Å². The maximum Gasteiger partial charge on any atom is 0.406 e. The van der Waals surface area contributed by atoms with Crippen LogP contribution in [0.2, 0.25) is 0 Å². The van der Waals surface area contributed by atoms with E-state index in [1.807, 2.05) is 6.07 Å². The zero-order valence-corrected chi connectivity index (χ0v) is 17.3. The number of halogens is 4. The molecule has 0 aliphatic heterocycles. The molecule has 27 heavy (non-hydrogen) atoms. The first kappa shape index (κ1) is 21.5. The average Bonchev–Trinajstić information content (AvgIpc) is 3.03. The van der Waals surface area contributed by atoms with Gasteiger partial charge >= 0.3 is 6.18 Å². The van der Waals surface area contributed by atoms with Crippen LogP contribution in [0.3, 0.4) is 0 Å². The lowest BCUT2D eigenvalue weighted by Gasteiger charge is -2.27. The van der Waals surface area contributed by atoms with Crippen molar-refractivity contribution in [3.05, 3.63) is 53.6 Å². The Balaban J connectivity index is 0.00000261. The van der Waals surface area contributed by atoms with Crippen LogP contribution in [0.15, 0.2) is 41.7 Å². The van der Waals surface area contributed by atoms with Crippen LogP contribution in [0, 0.1) is 0 Å². The molecule has 1 heterocycles. The van der Waals surface area contributed by atoms with Gasteiger partial charge < -0.3 is 15.2 Å². The minimum Gasteiger partial charge on any atom is -0.353 e. The monoisotopic (exact) mass is 493 g/mol. The molecular formula is C18H23F3IN5. The molecule has 0 saturated heterocycles. The molecule has 1 unspecified atom stereocenters. The Labute approximate surface area is 173 Å². The van der Waals surface area contributed by atoms with Gasteiger partial charge in [-0.1, -0.05) is 24.3 Å². The number of guanidine groups is 1. The minimum atomic E-state index is -4.27. The first-order chi connectivity index (χ1) is 12.4. The molecule has 0 saturated carbocycles. The molecule has 5 nitrogen and oxygen atoms in total. The van der Waals surface area contributed by atoms with Crippen molar-refractivity contribution in [1.82, 2.24) is 20.2 Å². The van der Waals surface area contributed by atoms with Crippen molar-refractivity contribution in [3.63, 3.8) is 0 Å². The van der Waals surface area contributed by atoms with Crippen LogP contribution in [0.4, 0.5) is 13.2 Å². The smallest absolute Gasteiger partial charge is 0.353 e. The second kappa shape index (κ2) is 9.43. The van der Waals surface area contributed by atoms with E-state index >= 15 is 0 Å². The maximum absolute atomic E-state index is 12.6. The molecule has 9 heteroatoms. The summed E-state index contributed by atoms with van der Waals surface area (Å²) in [6.07, 6.45) is 1.32. The van der Waals surface area contributed by atoms with Gasteiger partial charge in [-0.05, 0) is 30.4 Å². The van der Waals surface area contributed by atoms with Crippen molar-refractivity contribution < 1.29 is 13.2 Å². The summed E-state index contributed by atoms with van der Waals surface area (Å²) >= 11 is 0. The number of hydrogen-bond donors (Lipinski definition) is 2. The van der Waals surface area contributed by atoms with E-state index in [1.54, 1.807) is 7.05 Å².